The second-order valence-electron chi connectivity index (χ2n) is 9.58. The van der Waals surface area contributed by atoms with Crippen molar-refractivity contribution in [1.29, 1.82) is 0 Å². The molecule has 4 aromatic heterocycles. The lowest BCUT2D eigenvalue weighted by molar-refractivity contribution is -0.141. The number of aromatic nitrogens is 6. The van der Waals surface area contributed by atoms with E-state index in [4.69, 9.17) is 10.7 Å². The Bertz CT molecular complexity index is 1430. The van der Waals surface area contributed by atoms with Crippen molar-refractivity contribution < 1.29 is 13.2 Å². The van der Waals surface area contributed by atoms with Crippen molar-refractivity contribution in [2.24, 2.45) is 18.2 Å². The topological polar surface area (TPSA) is 90.2 Å². The van der Waals surface area contributed by atoms with Crippen LogP contribution >= 0.6 is 0 Å². The van der Waals surface area contributed by atoms with Gasteiger partial charge in [0.05, 0.1) is 17.6 Å². The van der Waals surface area contributed by atoms with Crippen LogP contribution in [0.25, 0.3) is 16.9 Å². The summed E-state index contributed by atoms with van der Waals surface area (Å²) in [6.07, 6.45) is 1.64. The van der Waals surface area contributed by atoms with Crippen LogP contribution in [-0.4, -0.2) is 42.5 Å². The minimum atomic E-state index is -4.53. The van der Waals surface area contributed by atoms with Crippen molar-refractivity contribution in [3.05, 3.63) is 59.3 Å². The SMILES string of the molecule is Cc1nc(N2CCC3(CC2)Cc2ncccc2[C@H]3N)c2ccnn2c1-c1cc(C(F)(F)F)nn1C. The fourth-order valence-corrected chi connectivity index (χ4v) is 5.73. The molecule has 1 spiro atoms. The quantitative estimate of drug-likeness (QED) is 0.469. The van der Waals surface area contributed by atoms with Gasteiger partial charge in [0.15, 0.2) is 11.5 Å². The third-order valence-corrected chi connectivity index (χ3v) is 7.61. The van der Waals surface area contributed by atoms with Crippen molar-refractivity contribution in [3.8, 4) is 11.4 Å². The Kier molecular flexibility index (Phi) is 4.73. The molecule has 11 heteroatoms. The number of anilines is 1. The van der Waals surface area contributed by atoms with Gasteiger partial charge < -0.3 is 10.6 Å². The number of aryl methyl sites for hydroxylation is 2. The zero-order valence-corrected chi connectivity index (χ0v) is 19.4. The Morgan fingerprint density at radius 3 is 2.60 bits per heavy atom. The molecule has 2 N–H and O–H groups in total. The number of nitrogens with zero attached hydrogens (tertiary/aromatic N) is 7. The Morgan fingerprint density at radius 2 is 1.91 bits per heavy atom. The highest BCUT2D eigenvalue weighted by Gasteiger charge is 2.47. The molecule has 35 heavy (non-hydrogen) atoms. The van der Waals surface area contributed by atoms with Crippen molar-refractivity contribution in [2.45, 2.75) is 38.4 Å². The molecule has 0 aromatic carbocycles. The van der Waals surface area contributed by atoms with Crippen LogP contribution in [0.1, 0.15) is 41.5 Å². The predicted octanol–water partition coefficient (Wildman–Crippen LogP) is 3.69. The summed E-state index contributed by atoms with van der Waals surface area (Å²) < 4.78 is 42.7. The first-order valence-corrected chi connectivity index (χ1v) is 11.6. The van der Waals surface area contributed by atoms with Crippen LogP contribution in [0.4, 0.5) is 19.0 Å². The molecule has 5 heterocycles. The molecule has 2 aliphatic rings. The maximum atomic E-state index is 13.3. The number of hydrogen-bond acceptors (Lipinski definition) is 6. The fraction of sp³-hybridized carbons (Fsp3) is 0.417. The van der Waals surface area contributed by atoms with Crippen molar-refractivity contribution >= 4 is 11.3 Å². The molecule has 8 nitrogen and oxygen atoms in total. The summed E-state index contributed by atoms with van der Waals surface area (Å²) >= 11 is 0. The number of rotatable bonds is 2. The van der Waals surface area contributed by atoms with E-state index in [1.165, 1.54) is 11.7 Å². The first-order valence-electron chi connectivity index (χ1n) is 11.6. The number of alkyl halides is 3. The monoisotopic (exact) mass is 482 g/mol. The minimum absolute atomic E-state index is 0.0125. The van der Waals surface area contributed by atoms with Crippen LogP contribution in [0, 0.1) is 12.3 Å². The summed E-state index contributed by atoms with van der Waals surface area (Å²) in [7, 11) is 1.50. The van der Waals surface area contributed by atoms with Gasteiger partial charge in [-0.15, -0.1) is 0 Å². The lowest BCUT2D eigenvalue weighted by Crippen LogP contribution is -2.44. The first-order chi connectivity index (χ1) is 16.7. The zero-order chi connectivity index (χ0) is 24.5. The average Bonchev–Trinajstić information content (AvgIpc) is 3.52. The summed E-state index contributed by atoms with van der Waals surface area (Å²) in [6.45, 7) is 3.34. The molecule has 0 bridgehead atoms. The normalized spacial score (nSPS) is 19.6. The number of fused-ring (bicyclic) bond motifs is 2. The molecule has 1 atom stereocenters. The Labute approximate surface area is 199 Å². The van der Waals surface area contributed by atoms with E-state index in [1.54, 1.807) is 17.6 Å². The Balaban J connectivity index is 1.33. The van der Waals surface area contributed by atoms with Gasteiger partial charge in [0.25, 0.3) is 0 Å². The van der Waals surface area contributed by atoms with Crippen LogP contribution in [0.3, 0.4) is 0 Å². The molecular formula is C24H25F3N8. The van der Waals surface area contributed by atoms with Gasteiger partial charge in [-0.2, -0.15) is 23.4 Å². The number of piperidine rings is 1. The van der Waals surface area contributed by atoms with Crippen molar-refractivity contribution in [3.63, 3.8) is 0 Å². The highest BCUT2D eigenvalue weighted by atomic mass is 19.4. The van der Waals surface area contributed by atoms with E-state index < -0.39 is 11.9 Å². The highest BCUT2D eigenvalue weighted by molar-refractivity contribution is 5.74. The first kappa shape index (κ1) is 22.0. The molecule has 1 aliphatic carbocycles. The van der Waals surface area contributed by atoms with Crippen molar-refractivity contribution in [2.75, 3.05) is 18.0 Å². The largest absolute Gasteiger partial charge is 0.435 e. The summed E-state index contributed by atoms with van der Waals surface area (Å²) in [5, 5.41) is 8.10. The molecule has 182 valence electrons. The number of pyridine rings is 1. The van der Waals surface area contributed by atoms with Gasteiger partial charge in [0.2, 0.25) is 0 Å². The smallest absolute Gasteiger partial charge is 0.355 e. The maximum Gasteiger partial charge on any atom is 0.435 e. The lowest BCUT2D eigenvalue weighted by Gasteiger charge is -2.42. The maximum absolute atomic E-state index is 13.3. The van der Waals surface area contributed by atoms with E-state index in [0.717, 1.165) is 61.0 Å². The summed E-state index contributed by atoms with van der Waals surface area (Å²) in [4.78, 5) is 11.6. The minimum Gasteiger partial charge on any atom is -0.355 e. The van der Waals surface area contributed by atoms with Gasteiger partial charge in [-0.05, 0) is 55.4 Å². The lowest BCUT2D eigenvalue weighted by atomic mass is 9.73. The third-order valence-electron chi connectivity index (χ3n) is 7.61. The van der Waals surface area contributed by atoms with E-state index >= 15 is 0 Å². The molecule has 0 amide bonds. The van der Waals surface area contributed by atoms with Crippen LogP contribution in [0.15, 0.2) is 36.7 Å². The van der Waals surface area contributed by atoms with Crippen LogP contribution in [0.2, 0.25) is 0 Å². The second kappa shape index (κ2) is 7.51. The number of hydrogen-bond donors (Lipinski definition) is 1. The fourth-order valence-electron chi connectivity index (χ4n) is 5.73. The molecule has 0 unspecified atom stereocenters. The average molecular weight is 483 g/mol. The van der Waals surface area contributed by atoms with E-state index in [-0.39, 0.29) is 11.5 Å². The van der Waals surface area contributed by atoms with Gasteiger partial charge >= 0.3 is 6.18 Å². The van der Waals surface area contributed by atoms with Gasteiger partial charge in [-0.1, -0.05) is 6.07 Å². The second-order valence-corrected chi connectivity index (χ2v) is 9.58. The summed E-state index contributed by atoms with van der Waals surface area (Å²) in [5.41, 5.74) is 10.1. The molecule has 0 radical (unpaired) electrons. The standard InChI is InChI=1S/C24H25F3N8/c1-14-20(18-12-19(24(25,26)27)32-33(18)2)35-17(5-9-30-35)22(31-14)34-10-6-23(7-11-34)13-16-15(21(23)28)4-3-8-29-16/h3-5,8-9,12,21H,6-7,10-11,13,28H2,1-2H3/t21-/m1/s1. The van der Waals surface area contributed by atoms with E-state index in [0.29, 0.717) is 17.1 Å². The Hall–Kier alpha value is -3.47. The van der Waals surface area contributed by atoms with Gasteiger partial charge in [-0.3, -0.25) is 9.67 Å². The van der Waals surface area contributed by atoms with Gasteiger partial charge in [-0.25, -0.2) is 9.50 Å². The van der Waals surface area contributed by atoms with Gasteiger partial charge in [0, 0.05) is 38.1 Å². The van der Waals surface area contributed by atoms with E-state index in [1.807, 2.05) is 18.3 Å². The van der Waals surface area contributed by atoms with E-state index in [2.05, 4.69) is 26.1 Å². The van der Waals surface area contributed by atoms with Crippen LogP contribution in [0.5, 0.6) is 0 Å². The number of halogens is 3. The molecule has 1 saturated heterocycles. The van der Waals surface area contributed by atoms with E-state index in [9.17, 15) is 13.2 Å². The highest BCUT2D eigenvalue weighted by Crippen LogP contribution is 2.50. The van der Waals surface area contributed by atoms with Crippen LogP contribution in [-0.2, 0) is 19.6 Å². The van der Waals surface area contributed by atoms with Gasteiger partial charge in [0.1, 0.15) is 11.2 Å². The molecule has 4 aromatic rings. The number of nitrogens with two attached hydrogens (primary N) is 1. The molecule has 1 fully saturated rings. The molecule has 6 rings (SSSR count). The summed E-state index contributed by atoms with van der Waals surface area (Å²) in [6, 6.07) is 6.88. The molecule has 1 aliphatic heterocycles. The van der Waals surface area contributed by atoms with Crippen molar-refractivity contribution in [1.82, 2.24) is 29.4 Å². The zero-order valence-electron chi connectivity index (χ0n) is 19.4. The Morgan fingerprint density at radius 1 is 1.14 bits per heavy atom. The third kappa shape index (κ3) is 3.32. The summed E-state index contributed by atoms with van der Waals surface area (Å²) in [5.74, 6) is 0.777. The molecular weight excluding hydrogens is 457 g/mol. The molecule has 0 saturated carbocycles. The predicted molar refractivity (Wildman–Crippen MR) is 124 cm³/mol. The van der Waals surface area contributed by atoms with Crippen LogP contribution < -0.4 is 10.6 Å².